The Morgan fingerprint density at radius 2 is 2.12 bits per heavy atom. The van der Waals surface area contributed by atoms with Gasteiger partial charge < -0.3 is 5.11 Å². The molecule has 0 aromatic heterocycles. The Hall–Kier alpha value is -0.620. The smallest absolute Gasteiger partial charge is 0.307 e. The molecule has 0 aromatic carbocycles. The fraction of sp³-hybridized carbons (Fsp3) is 0.909. The molecule has 0 aromatic rings. The van der Waals surface area contributed by atoms with Crippen molar-refractivity contribution in [3.05, 3.63) is 0 Å². The monoisotopic (exact) mass is 263 g/mol. The van der Waals surface area contributed by atoms with Crippen molar-refractivity contribution < 1.29 is 18.3 Å². The fourth-order valence-electron chi connectivity index (χ4n) is 1.91. The molecule has 0 radical (unpaired) electrons. The van der Waals surface area contributed by atoms with E-state index >= 15 is 0 Å². The molecule has 0 spiro atoms. The average Bonchev–Trinajstić information content (AvgIpc) is 2.27. The zero-order valence-corrected chi connectivity index (χ0v) is 11.2. The van der Waals surface area contributed by atoms with Gasteiger partial charge in [-0.1, -0.05) is 13.8 Å². The predicted molar refractivity (Wildman–Crippen MR) is 65.2 cm³/mol. The lowest BCUT2D eigenvalue weighted by molar-refractivity contribution is -0.142. The van der Waals surface area contributed by atoms with Crippen molar-refractivity contribution in [2.24, 2.45) is 11.8 Å². The largest absolute Gasteiger partial charge is 0.481 e. The lowest BCUT2D eigenvalue weighted by atomic mass is 10.0. The second-order valence-corrected chi connectivity index (χ2v) is 7.12. The van der Waals surface area contributed by atoms with Gasteiger partial charge in [0.2, 0.25) is 10.0 Å². The number of hydrogen-bond acceptors (Lipinski definition) is 3. The van der Waals surface area contributed by atoms with Crippen molar-refractivity contribution in [1.29, 1.82) is 0 Å². The molecule has 0 aliphatic carbocycles. The van der Waals surface area contributed by atoms with Crippen LogP contribution in [0.1, 0.15) is 33.1 Å². The molecule has 6 heteroatoms. The number of sulfonamides is 1. The summed E-state index contributed by atoms with van der Waals surface area (Å²) in [6, 6.07) is 0. The van der Waals surface area contributed by atoms with Crippen molar-refractivity contribution in [2.75, 3.05) is 18.8 Å². The van der Waals surface area contributed by atoms with Crippen LogP contribution < -0.4 is 0 Å². The summed E-state index contributed by atoms with van der Waals surface area (Å²) in [6.07, 6.45) is 1.83. The van der Waals surface area contributed by atoms with Crippen LogP contribution >= 0.6 is 0 Å². The highest BCUT2D eigenvalue weighted by Gasteiger charge is 2.31. The molecule has 1 unspecified atom stereocenters. The average molecular weight is 263 g/mol. The zero-order valence-electron chi connectivity index (χ0n) is 10.4. The van der Waals surface area contributed by atoms with Crippen molar-refractivity contribution >= 4 is 16.0 Å². The highest BCUT2D eigenvalue weighted by Crippen LogP contribution is 2.20. The van der Waals surface area contributed by atoms with Gasteiger partial charge in [0.1, 0.15) is 0 Å². The first-order valence-electron chi connectivity index (χ1n) is 6.03. The summed E-state index contributed by atoms with van der Waals surface area (Å²) in [6.45, 7) is 4.55. The van der Waals surface area contributed by atoms with Gasteiger partial charge in [-0.2, -0.15) is 0 Å². The molecule has 1 heterocycles. The normalized spacial score (nSPS) is 22.9. The first-order chi connectivity index (χ1) is 7.83. The van der Waals surface area contributed by atoms with E-state index in [1.54, 1.807) is 0 Å². The van der Waals surface area contributed by atoms with Crippen LogP contribution in [0.25, 0.3) is 0 Å². The molecule has 17 heavy (non-hydrogen) atoms. The third kappa shape index (κ3) is 4.27. The summed E-state index contributed by atoms with van der Waals surface area (Å²) >= 11 is 0. The molecule has 1 rings (SSSR count). The van der Waals surface area contributed by atoms with Gasteiger partial charge >= 0.3 is 5.97 Å². The molecule has 1 aliphatic heterocycles. The Morgan fingerprint density at radius 1 is 1.47 bits per heavy atom. The van der Waals surface area contributed by atoms with E-state index in [-0.39, 0.29) is 12.3 Å². The van der Waals surface area contributed by atoms with Gasteiger partial charge in [-0.05, 0) is 25.2 Å². The molecule has 1 aliphatic rings. The van der Waals surface area contributed by atoms with Gasteiger partial charge in [-0.3, -0.25) is 4.79 Å². The highest BCUT2D eigenvalue weighted by atomic mass is 32.2. The van der Waals surface area contributed by atoms with Crippen molar-refractivity contribution in [1.82, 2.24) is 4.31 Å². The van der Waals surface area contributed by atoms with E-state index < -0.39 is 21.9 Å². The number of aliphatic carboxylic acids is 1. The number of piperidine rings is 1. The first-order valence-corrected chi connectivity index (χ1v) is 7.64. The molecule has 1 saturated heterocycles. The lowest BCUT2D eigenvalue weighted by Gasteiger charge is -2.30. The fourth-order valence-corrected chi connectivity index (χ4v) is 3.75. The minimum atomic E-state index is -3.27. The third-order valence-electron chi connectivity index (χ3n) is 3.08. The molecule has 100 valence electrons. The van der Waals surface area contributed by atoms with Crippen LogP contribution in [0.3, 0.4) is 0 Å². The van der Waals surface area contributed by atoms with Crippen molar-refractivity contribution in [3.8, 4) is 0 Å². The number of carboxylic acid groups (broad SMARTS) is 1. The summed E-state index contributed by atoms with van der Waals surface area (Å²) in [5, 5.41) is 8.92. The van der Waals surface area contributed by atoms with Gasteiger partial charge in [0, 0.05) is 13.1 Å². The van der Waals surface area contributed by atoms with Crippen LogP contribution in [0.5, 0.6) is 0 Å². The summed E-state index contributed by atoms with van der Waals surface area (Å²) in [7, 11) is -3.27. The van der Waals surface area contributed by atoms with E-state index in [0.29, 0.717) is 31.7 Å². The molecule has 1 fully saturated rings. The highest BCUT2D eigenvalue weighted by molar-refractivity contribution is 7.89. The molecular weight excluding hydrogens is 242 g/mol. The van der Waals surface area contributed by atoms with Crippen LogP contribution in [-0.4, -0.2) is 42.6 Å². The predicted octanol–water partition coefficient (Wildman–Crippen LogP) is 1.16. The van der Waals surface area contributed by atoms with Crippen LogP contribution in [0.15, 0.2) is 0 Å². The van der Waals surface area contributed by atoms with Gasteiger partial charge in [0.05, 0.1) is 11.7 Å². The minimum Gasteiger partial charge on any atom is -0.481 e. The van der Waals surface area contributed by atoms with E-state index in [4.69, 9.17) is 5.11 Å². The van der Waals surface area contributed by atoms with E-state index in [2.05, 4.69) is 0 Å². The van der Waals surface area contributed by atoms with Gasteiger partial charge in [-0.25, -0.2) is 12.7 Å². The minimum absolute atomic E-state index is 0.122. The molecule has 0 amide bonds. The Kier molecular flexibility index (Phi) is 4.94. The van der Waals surface area contributed by atoms with Crippen molar-refractivity contribution in [3.63, 3.8) is 0 Å². The van der Waals surface area contributed by atoms with E-state index in [1.807, 2.05) is 13.8 Å². The number of carbonyl (C=O) groups is 1. The second-order valence-electron chi connectivity index (χ2n) is 5.03. The van der Waals surface area contributed by atoms with E-state index in [9.17, 15) is 13.2 Å². The second kappa shape index (κ2) is 5.82. The van der Waals surface area contributed by atoms with Crippen molar-refractivity contribution in [2.45, 2.75) is 33.1 Å². The number of hydrogen-bond donors (Lipinski definition) is 1. The van der Waals surface area contributed by atoms with E-state index in [0.717, 1.165) is 0 Å². The summed E-state index contributed by atoms with van der Waals surface area (Å²) in [5.41, 5.74) is 0. The van der Waals surface area contributed by atoms with E-state index in [1.165, 1.54) is 4.31 Å². The van der Waals surface area contributed by atoms with Gasteiger partial charge in [0.15, 0.2) is 0 Å². The number of carboxylic acids is 1. The van der Waals surface area contributed by atoms with Crippen LogP contribution in [0, 0.1) is 11.8 Å². The molecule has 0 saturated carbocycles. The quantitative estimate of drug-likeness (QED) is 0.807. The number of nitrogens with zero attached hydrogens (tertiary/aromatic N) is 1. The van der Waals surface area contributed by atoms with Gasteiger partial charge in [-0.15, -0.1) is 0 Å². The molecule has 1 N–H and O–H groups in total. The van der Waals surface area contributed by atoms with Crippen LogP contribution in [0.4, 0.5) is 0 Å². The Bertz CT molecular complexity index is 364. The zero-order chi connectivity index (χ0) is 13.1. The topological polar surface area (TPSA) is 74.7 Å². The Morgan fingerprint density at radius 3 is 2.65 bits per heavy atom. The lowest BCUT2D eigenvalue weighted by Crippen LogP contribution is -2.43. The maximum atomic E-state index is 12.0. The summed E-state index contributed by atoms with van der Waals surface area (Å²) in [5.74, 6) is -0.979. The van der Waals surface area contributed by atoms with Crippen LogP contribution in [-0.2, 0) is 14.8 Å². The van der Waals surface area contributed by atoms with Gasteiger partial charge in [0.25, 0.3) is 0 Å². The standard InChI is InChI=1S/C11H21NO4S/c1-9(2)5-7-17(15,16)12-6-3-4-10(8-12)11(13)14/h9-10H,3-8H2,1-2H3,(H,13,14). The third-order valence-corrected chi connectivity index (χ3v) is 4.95. The summed E-state index contributed by atoms with van der Waals surface area (Å²) in [4.78, 5) is 10.9. The molecule has 0 bridgehead atoms. The van der Waals surface area contributed by atoms with Crippen LogP contribution in [0.2, 0.25) is 0 Å². The first kappa shape index (κ1) is 14.4. The maximum Gasteiger partial charge on any atom is 0.307 e. The SMILES string of the molecule is CC(C)CCS(=O)(=O)N1CCCC(C(=O)O)C1. The summed E-state index contributed by atoms with van der Waals surface area (Å²) < 4.78 is 25.3. The Labute approximate surface area is 103 Å². The molecule has 5 nitrogen and oxygen atoms in total. The Balaban J connectivity index is 2.62. The number of rotatable bonds is 5. The maximum absolute atomic E-state index is 12.0. The molecular formula is C11H21NO4S. The molecule has 1 atom stereocenters.